The molecule has 2 aliphatic rings. The fourth-order valence-corrected chi connectivity index (χ4v) is 5.67. The van der Waals surface area contributed by atoms with Gasteiger partial charge in [0.2, 0.25) is 0 Å². The molecule has 2 saturated heterocycles. The molecule has 2 aliphatic heterocycles. The Morgan fingerprint density at radius 3 is 2.41 bits per heavy atom. The summed E-state index contributed by atoms with van der Waals surface area (Å²) in [6, 6.07) is 19.5. The second-order valence-electron chi connectivity index (χ2n) is 10.9. The Bertz CT molecular complexity index is 1500. The Hall–Kier alpha value is -4.34. The minimum atomic E-state index is -0.791. The largest absolute Gasteiger partial charge is 0.507 e. The summed E-state index contributed by atoms with van der Waals surface area (Å²) in [6.07, 6.45) is 0.671. The molecule has 0 bridgehead atoms. The lowest BCUT2D eigenvalue weighted by atomic mass is 9.95. The molecule has 0 saturated carbocycles. The maximum absolute atomic E-state index is 13.5. The molecule has 0 spiro atoms. The van der Waals surface area contributed by atoms with E-state index in [0.717, 1.165) is 30.8 Å². The van der Waals surface area contributed by atoms with Crippen molar-refractivity contribution < 1.29 is 33.6 Å². The third-order valence-corrected chi connectivity index (χ3v) is 8.10. The Morgan fingerprint density at radius 2 is 1.70 bits per heavy atom. The maximum atomic E-state index is 13.5. The lowest BCUT2D eigenvalue weighted by Crippen LogP contribution is -2.39. The third kappa shape index (κ3) is 6.90. The van der Waals surface area contributed by atoms with Crippen LogP contribution in [-0.4, -0.2) is 79.7 Å². The summed E-state index contributed by atoms with van der Waals surface area (Å²) in [6.45, 7) is 8.96. The van der Waals surface area contributed by atoms with E-state index < -0.39 is 17.7 Å². The Kier molecular flexibility index (Phi) is 10.2. The number of aliphatic hydroxyl groups excluding tert-OH is 1. The summed E-state index contributed by atoms with van der Waals surface area (Å²) in [5.74, 6) is 0.0855. The van der Waals surface area contributed by atoms with Crippen molar-refractivity contribution in [2.75, 3.05) is 53.1 Å². The third-order valence-electron chi connectivity index (χ3n) is 8.10. The average Bonchev–Trinajstić information content (AvgIpc) is 3.30. The lowest BCUT2D eigenvalue weighted by Gasteiger charge is -2.29. The smallest absolute Gasteiger partial charge is 0.295 e. The van der Waals surface area contributed by atoms with Crippen LogP contribution in [0.15, 0.2) is 72.3 Å². The van der Waals surface area contributed by atoms with E-state index in [1.54, 1.807) is 48.4 Å². The van der Waals surface area contributed by atoms with E-state index in [-0.39, 0.29) is 11.3 Å². The van der Waals surface area contributed by atoms with E-state index in [2.05, 4.69) is 4.90 Å². The van der Waals surface area contributed by atoms with Crippen LogP contribution in [0.4, 0.5) is 0 Å². The fraction of sp³-hybridized carbons (Fsp3) is 0.371. The molecule has 232 valence electrons. The number of hydrogen-bond donors (Lipinski definition) is 1. The molecule has 2 fully saturated rings. The Labute approximate surface area is 258 Å². The van der Waals surface area contributed by atoms with Crippen molar-refractivity contribution in [1.82, 2.24) is 9.80 Å². The zero-order chi connectivity index (χ0) is 31.1. The molecule has 1 unspecified atom stereocenters. The molecule has 1 N–H and O–H groups in total. The Morgan fingerprint density at radius 1 is 0.955 bits per heavy atom. The van der Waals surface area contributed by atoms with Crippen molar-refractivity contribution in [2.45, 2.75) is 32.9 Å². The fourth-order valence-electron chi connectivity index (χ4n) is 5.67. The van der Waals surface area contributed by atoms with Gasteiger partial charge in [0.05, 0.1) is 38.5 Å². The minimum absolute atomic E-state index is 0.0427. The lowest BCUT2D eigenvalue weighted by molar-refractivity contribution is -0.140. The van der Waals surface area contributed by atoms with Crippen LogP contribution in [0.5, 0.6) is 17.2 Å². The van der Waals surface area contributed by atoms with Gasteiger partial charge in [-0.15, -0.1) is 0 Å². The first-order valence-electron chi connectivity index (χ1n) is 15.1. The first-order valence-corrected chi connectivity index (χ1v) is 15.1. The molecule has 3 aromatic rings. The quantitative estimate of drug-likeness (QED) is 0.174. The molecule has 3 aromatic carbocycles. The van der Waals surface area contributed by atoms with E-state index in [9.17, 15) is 14.7 Å². The van der Waals surface area contributed by atoms with Crippen LogP contribution < -0.4 is 14.2 Å². The number of benzene rings is 3. The highest BCUT2D eigenvalue weighted by molar-refractivity contribution is 6.46. The summed E-state index contributed by atoms with van der Waals surface area (Å²) >= 11 is 0. The summed E-state index contributed by atoms with van der Waals surface area (Å²) in [7, 11) is 1.55. The summed E-state index contributed by atoms with van der Waals surface area (Å²) in [5, 5.41) is 11.5. The first kappa shape index (κ1) is 31.1. The van der Waals surface area contributed by atoms with Gasteiger partial charge in [-0.25, -0.2) is 0 Å². The van der Waals surface area contributed by atoms with Gasteiger partial charge < -0.3 is 29.0 Å². The van der Waals surface area contributed by atoms with Gasteiger partial charge in [-0.3, -0.25) is 14.5 Å². The number of ether oxygens (including phenoxy) is 4. The number of carbonyl (C=O) groups excluding carboxylic acids is 2. The normalized spacial score (nSPS) is 18.4. The van der Waals surface area contributed by atoms with Crippen molar-refractivity contribution in [3.05, 3.63) is 94.6 Å². The van der Waals surface area contributed by atoms with Crippen LogP contribution in [0.2, 0.25) is 0 Å². The second kappa shape index (κ2) is 14.4. The van der Waals surface area contributed by atoms with Crippen molar-refractivity contribution in [3.8, 4) is 17.2 Å². The van der Waals surface area contributed by atoms with Gasteiger partial charge in [-0.05, 0) is 73.4 Å². The van der Waals surface area contributed by atoms with E-state index in [1.165, 1.54) is 0 Å². The van der Waals surface area contributed by atoms with E-state index in [4.69, 9.17) is 18.9 Å². The predicted molar refractivity (Wildman–Crippen MR) is 167 cm³/mol. The predicted octanol–water partition coefficient (Wildman–Crippen LogP) is 5.13. The molecule has 9 nitrogen and oxygen atoms in total. The number of aliphatic hydroxyl groups is 1. The average molecular weight is 601 g/mol. The van der Waals surface area contributed by atoms with Gasteiger partial charge in [0, 0.05) is 31.7 Å². The highest BCUT2D eigenvalue weighted by atomic mass is 16.5. The van der Waals surface area contributed by atoms with Crippen LogP contribution in [0.3, 0.4) is 0 Å². The van der Waals surface area contributed by atoms with Crippen molar-refractivity contribution in [2.24, 2.45) is 0 Å². The van der Waals surface area contributed by atoms with Crippen LogP contribution in [0, 0.1) is 6.92 Å². The summed E-state index contributed by atoms with van der Waals surface area (Å²) < 4.78 is 22.7. The number of nitrogens with zero attached hydrogens (tertiary/aromatic N) is 2. The number of likely N-dealkylation sites (tertiary alicyclic amines) is 1. The topological polar surface area (TPSA) is 97.8 Å². The number of hydrogen-bond acceptors (Lipinski definition) is 8. The Balaban J connectivity index is 1.44. The van der Waals surface area contributed by atoms with Crippen molar-refractivity contribution in [1.29, 1.82) is 0 Å². The highest BCUT2D eigenvalue weighted by Gasteiger charge is 2.46. The van der Waals surface area contributed by atoms with Crippen LogP contribution in [0.1, 0.15) is 41.6 Å². The SMILES string of the molecule is CCOc1ccc(C2C(=C(O)c3ccc(OCc4ccccc4C)cc3)C(=O)C(=O)N2CCCN2CCOCC2)cc1OC. The molecule has 0 aromatic heterocycles. The zero-order valence-electron chi connectivity index (χ0n) is 25.6. The number of carbonyl (C=O) groups is 2. The number of ketones is 1. The van der Waals surface area contributed by atoms with E-state index in [0.29, 0.717) is 67.8 Å². The molecule has 5 rings (SSSR count). The zero-order valence-corrected chi connectivity index (χ0v) is 25.6. The number of morpholine rings is 1. The van der Waals surface area contributed by atoms with Crippen LogP contribution in [0.25, 0.3) is 5.76 Å². The van der Waals surface area contributed by atoms with Gasteiger partial charge in [-0.1, -0.05) is 30.3 Å². The summed E-state index contributed by atoms with van der Waals surface area (Å²) in [4.78, 5) is 30.9. The standard InChI is InChI=1S/C35H40N2O7/c1-4-43-29-15-12-26(22-30(29)41-3)32-31(34(39)35(40)37(32)17-7-16-36-18-20-42-21-19-36)33(38)25-10-13-28(14-11-25)44-23-27-9-6-5-8-24(27)2/h5-6,8-15,22,32,38H,4,7,16-21,23H2,1-3H3. The molecule has 0 aliphatic carbocycles. The minimum Gasteiger partial charge on any atom is -0.507 e. The molecular formula is C35H40N2O7. The second-order valence-corrected chi connectivity index (χ2v) is 10.9. The van der Waals surface area contributed by atoms with Crippen molar-refractivity contribution in [3.63, 3.8) is 0 Å². The number of aryl methyl sites for hydroxylation is 1. The molecule has 1 amide bonds. The molecule has 2 heterocycles. The monoisotopic (exact) mass is 600 g/mol. The highest BCUT2D eigenvalue weighted by Crippen LogP contribution is 2.42. The van der Waals surface area contributed by atoms with Gasteiger partial charge in [0.15, 0.2) is 11.5 Å². The molecule has 1 atom stereocenters. The molecule has 44 heavy (non-hydrogen) atoms. The molecule has 0 radical (unpaired) electrons. The van der Waals surface area contributed by atoms with E-state index >= 15 is 0 Å². The number of rotatable bonds is 12. The number of amides is 1. The number of Topliss-reactive ketones (excluding diaryl/α,β-unsaturated/α-hetero) is 1. The molecular weight excluding hydrogens is 560 g/mol. The van der Waals surface area contributed by atoms with Gasteiger partial charge in [0.1, 0.15) is 18.1 Å². The first-order chi connectivity index (χ1) is 21.4. The van der Waals surface area contributed by atoms with Gasteiger partial charge in [-0.2, -0.15) is 0 Å². The maximum Gasteiger partial charge on any atom is 0.295 e. The van der Waals surface area contributed by atoms with Crippen LogP contribution in [-0.2, 0) is 20.9 Å². The van der Waals surface area contributed by atoms with Gasteiger partial charge in [0.25, 0.3) is 11.7 Å². The van der Waals surface area contributed by atoms with E-state index in [1.807, 2.05) is 44.2 Å². The van der Waals surface area contributed by atoms with Gasteiger partial charge >= 0.3 is 0 Å². The summed E-state index contributed by atoms with van der Waals surface area (Å²) in [5.41, 5.74) is 3.33. The molecule has 9 heteroatoms. The number of methoxy groups -OCH3 is 1. The van der Waals surface area contributed by atoms with Crippen molar-refractivity contribution >= 4 is 17.4 Å². The van der Waals surface area contributed by atoms with Crippen LogP contribution >= 0.6 is 0 Å².